The van der Waals surface area contributed by atoms with Gasteiger partial charge in [-0.3, -0.25) is 8.86 Å². The number of nitrogens with one attached hydrogen (secondary N) is 1. The highest BCUT2D eigenvalue weighted by atomic mass is 35.5. The standard InChI is InChI=1S/C22H22Cl2N4O3S/c1-4-31-32(29,30)21-6-5-13(2)9-17(21)20-12-28(27-26-20)8-7-16-14(3)25-19-11-15(23)10-18(24)22(16)19/h5-6,9-12,25H,4,7-8H2,1-3H3. The minimum atomic E-state index is -3.89. The Bertz CT molecular complexity index is 1410. The number of H-pyrrole nitrogens is 1. The number of hydrogen-bond acceptors (Lipinski definition) is 5. The van der Waals surface area contributed by atoms with Gasteiger partial charge in [-0.05, 0) is 57.0 Å². The zero-order valence-corrected chi connectivity index (χ0v) is 20.1. The van der Waals surface area contributed by atoms with Crippen LogP contribution in [0.25, 0.3) is 22.2 Å². The van der Waals surface area contributed by atoms with Crippen LogP contribution in [0.1, 0.15) is 23.7 Å². The molecule has 10 heteroatoms. The molecule has 2 aromatic heterocycles. The van der Waals surface area contributed by atoms with E-state index in [1.807, 2.05) is 19.9 Å². The SMILES string of the molecule is CCOS(=O)(=O)c1ccc(C)cc1-c1cn(CCc2c(C)[nH]c3cc(Cl)cc(Cl)c23)nn1. The topological polar surface area (TPSA) is 89.9 Å². The van der Waals surface area contributed by atoms with E-state index in [9.17, 15) is 8.42 Å². The van der Waals surface area contributed by atoms with E-state index in [4.69, 9.17) is 27.4 Å². The minimum Gasteiger partial charge on any atom is -0.358 e. The number of halogens is 2. The predicted octanol–water partition coefficient (Wildman–Crippen LogP) is 5.32. The molecule has 0 bridgehead atoms. The Morgan fingerprint density at radius 1 is 1.16 bits per heavy atom. The van der Waals surface area contributed by atoms with Crippen LogP contribution in [0.2, 0.25) is 10.0 Å². The van der Waals surface area contributed by atoms with Crippen molar-refractivity contribution in [2.75, 3.05) is 6.61 Å². The molecule has 0 amide bonds. The van der Waals surface area contributed by atoms with Crippen LogP contribution < -0.4 is 0 Å². The third kappa shape index (κ3) is 4.41. The highest BCUT2D eigenvalue weighted by Crippen LogP contribution is 2.33. The lowest BCUT2D eigenvalue weighted by Crippen LogP contribution is -2.08. The second kappa shape index (κ2) is 8.86. The maximum Gasteiger partial charge on any atom is 0.297 e. The van der Waals surface area contributed by atoms with Gasteiger partial charge < -0.3 is 4.98 Å². The number of aromatic nitrogens is 4. The molecular formula is C22H22Cl2N4O3S. The van der Waals surface area contributed by atoms with Crippen molar-refractivity contribution in [2.24, 2.45) is 0 Å². The summed E-state index contributed by atoms with van der Waals surface area (Å²) in [6, 6.07) is 8.62. The van der Waals surface area contributed by atoms with Crippen LogP contribution in [0.15, 0.2) is 41.4 Å². The second-order valence-corrected chi connectivity index (χ2v) is 9.94. The molecule has 0 saturated carbocycles. The summed E-state index contributed by atoms with van der Waals surface area (Å²) in [7, 11) is -3.89. The van der Waals surface area contributed by atoms with Crippen molar-refractivity contribution >= 4 is 44.2 Å². The summed E-state index contributed by atoms with van der Waals surface area (Å²) in [6.07, 6.45) is 2.40. The van der Waals surface area contributed by atoms with E-state index in [0.717, 1.165) is 27.7 Å². The summed E-state index contributed by atoms with van der Waals surface area (Å²) in [6.45, 7) is 6.11. The number of aromatic amines is 1. The predicted molar refractivity (Wildman–Crippen MR) is 126 cm³/mol. The van der Waals surface area contributed by atoms with Crippen LogP contribution in [-0.4, -0.2) is 35.0 Å². The molecule has 0 aliphatic rings. The van der Waals surface area contributed by atoms with Gasteiger partial charge in [0, 0.05) is 33.7 Å². The Morgan fingerprint density at radius 2 is 1.94 bits per heavy atom. The molecule has 4 aromatic rings. The van der Waals surface area contributed by atoms with E-state index in [2.05, 4.69) is 15.3 Å². The lowest BCUT2D eigenvalue weighted by Gasteiger charge is -2.09. The Hall–Kier alpha value is -2.39. The largest absolute Gasteiger partial charge is 0.358 e. The first-order valence-electron chi connectivity index (χ1n) is 10.1. The van der Waals surface area contributed by atoms with Gasteiger partial charge in [-0.15, -0.1) is 5.10 Å². The van der Waals surface area contributed by atoms with Crippen molar-refractivity contribution in [1.29, 1.82) is 0 Å². The molecule has 0 fully saturated rings. The Morgan fingerprint density at radius 3 is 2.69 bits per heavy atom. The number of rotatable bonds is 7. The molecule has 0 unspecified atom stereocenters. The molecule has 0 aliphatic carbocycles. The van der Waals surface area contributed by atoms with Crippen LogP contribution in [0.5, 0.6) is 0 Å². The number of aryl methyl sites for hydroxylation is 4. The Kier molecular flexibility index (Phi) is 6.31. The lowest BCUT2D eigenvalue weighted by molar-refractivity contribution is 0.338. The maximum absolute atomic E-state index is 12.5. The highest BCUT2D eigenvalue weighted by molar-refractivity contribution is 7.87. The van der Waals surface area contributed by atoms with Gasteiger partial charge in [0.15, 0.2) is 0 Å². The number of fused-ring (bicyclic) bond motifs is 1. The van der Waals surface area contributed by atoms with Crippen molar-refractivity contribution < 1.29 is 12.6 Å². The average molecular weight is 493 g/mol. The normalized spacial score (nSPS) is 12.0. The first kappa shape index (κ1) is 22.8. The van der Waals surface area contributed by atoms with Crippen molar-refractivity contribution in [3.63, 3.8) is 0 Å². The molecule has 1 N–H and O–H groups in total. The Labute approximate surface area is 196 Å². The van der Waals surface area contributed by atoms with Crippen LogP contribution >= 0.6 is 23.2 Å². The first-order valence-corrected chi connectivity index (χ1v) is 12.2. The van der Waals surface area contributed by atoms with E-state index in [1.165, 1.54) is 6.07 Å². The number of benzene rings is 2. The van der Waals surface area contributed by atoms with Crippen LogP contribution in [-0.2, 0) is 27.3 Å². The van der Waals surface area contributed by atoms with E-state index in [-0.39, 0.29) is 11.5 Å². The van der Waals surface area contributed by atoms with E-state index in [0.29, 0.717) is 34.3 Å². The van der Waals surface area contributed by atoms with Gasteiger partial charge in [0.2, 0.25) is 0 Å². The smallest absolute Gasteiger partial charge is 0.297 e. The summed E-state index contributed by atoms with van der Waals surface area (Å²) in [5, 5.41) is 10.5. The molecule has 2 aromatic carbocycles. The van der Waals surface area contributed by atoms with E-state index >= 15 is 0 Å². The molecule has 0 aliphatic heterocycles. The van der Waals surface area contributed by atoms with Crippen molar-refractivity contribution in [3.8, 4) is 11.3 Å². The monoisotopic (exact) mass is 492 g/mol. The fraction of sp³-hybridized carbons (Fsp3) is 0.273. The third-order valence-electron chi connectivity index (χ3n) is 5.21. The van der Waals surface area contributed by atoms with Crippen LogP contribution in [0, 0.1) is 13.8 Å². The van der Waals surface area contributed by atoms with Gasteiger partial charge in [0.25, 0.3) is 10.1 Å². The van der Waals surface area contributed by atoms with E-state index in [1.54, 1.807) is 36.0 Å². The first-order chi connectivity index (χ1) is 15.2. The van der Waals surface area contributed by atoms with Gasteiger partial charge in [0.1, 0.15) is 10.6 Å². The third-order valence-corrected chi connectivity index (χ3v) is 7.17. The van der Waals surface area contributed by atoms with Gasteiger partial charge in [-0.2, -0.15) is 8.42 Å². The fourth-order valence-corrected chi connectivity index (χ4v) is 5.51. The van der Waals surface area contributed by atoms with Crippen LogP contribution in [0.4, 0.5) is 0 Å². The summed E-state index contributed by atoms with van der Waals surface area (Å²) in [5.74, 6) is 0. The molecule has 0 radical (unpaired) electrons. The van der Waals surface area contributed by atoms with Gasteiger partial charge in [-0.25, -0.2) is 0 Å². The zero-order chi connectivity index (χ0) is 23.0. The summed E-state index contributed by atoms with van der Waals surface area (Å²) in [5.41, 5.74) is 4.81. The molecule has 4 rings (SSSR count). The average Bonchev–Trinajstić information content (AvgIpc) is 3.30. The molecule has 0 atom stereocenters. The Balaban J connectivity index is 1.64. The van der Waals surface area contributed by atoms with Gasteiger partial charge in [-0.1, -0.05) is 40.0 Å². The molecule has 0 spiro atoms. The van der Waals surface area contributed by atoms with Crippen molar-refractivity contribution in [2.45, 2.75) is 38.6 Å². The molecule has 32 heavy (non-hydrogen) atoms. The maximum atomic E-state index is 12.5. The summed E-state index contributed by atoms with van der Waals surface area (Å²) < 4.78 is 31.8. The lowest BCUT2D eigenvalue weighted by atomic mass is 10.1. The molecular weight excluding hydrogens is 471 g/mol. The molecule has 0 saturated heterocycles. The second-order valence-electron chi connectivity index (χ2n) is 7.52. The number of nitrogens with zero attached hydrogens (tertiary/aromatic N) is 3. The van der Waals surface area contributed by atoms with Gasteiger partial charge in [0.05, 0.1) is 17.8 Å². The molecule has 2 heterocycles. The minimum absolute atomic E-state index is 0.0556. The quantitative estimate of drug-likeness (QED) is 0.352. The molecule has 7 nitrogen and oxygen atoms in total. The van der Waals surface area contributed by atoms with Gasteiger partial charge >= 0.3 is 0 Å². The van der Waals surface area contributed by atoms with Crippen LogP contribution in [0.3, 0.4) is 0 Å². The number of hydrogen-bond donors (Lipinski definition) is 1. The fourth-order valence-electron chi connectivity index (χ4n) is 3.79. The van der Waals surface area contributed by atoms with Crippen molar-refractivity contribution in [3.05, 3.63) is 63.4 Å². The van der Waals surface area contributed by atoms with E-state index < -0.39 is 10.1 Å². The van der Waals surface area contributed by atoms with Crippen molar-refractivity contribution in [1.82, 2.24) is 20.0 Å². The molecule has 168 valence electrons. The summed E-state index contributed by atoms with van der Waals surface area (Å²) >= 11 is 12.6. The zero-order valence-electron chi connectivity index (χ0n) is 17.8. The highest BCUT2D eigenvalue weighted by Gasteiger charge is 2.22. The summed E-state index contributed by atoms with van der Waals surface area (Å²) in [4.78, 5) is 3.40.